The lowest BCUT2D eigenvalue weighted by atomic mass is 10.1. The van der Waals surface area contributed by atoms with Crippen LogP contribution in [0.15, 0.2) is 12.3 Å². The smallest absolute Gasteiger partial charge is 0.300 e. The van der Waals surface area contributed by atoms with Gasteiger partial charge in [-0.15, -0.1) is 0 Å². The van der Waals surface area contributed by atoms with E-state index in [-0.39, 0.29) is 22.4 Å². The highest BCUT2D eigenvalue weighted by Gasteiger charge is 2.28. The number of carbonyl (C=O) groups is 1. The number of hydrogen-bond donors (Lipinski definition) is 0. The van der Waals surface area contributed by atoms with Crippen molar-refractivity contribution >= 4 is 23.2 Å². The van der Waals surface area contributed by atoms with Gasteiger partial charge in [-0.25, -0.2) is 4.98 Å². The minimum Gasteiger partial charge on any atom is -0.340 e. The zero-order valence-corrected chi connectivity index (χ0v) is 12.7. The Morgan fingerprint density at radius 2 is 2.38 bits per heavy atom. The fourth-order valence-electron chi connectivity index (χ4n) is 2.55. The van der Waals surface area contributed by atoms with Gasteiger partial charge in [0.05, 0.1) is 4.92 Å². The highest BCUT2D eigenvalue weighted by Crippen LogP contribution is 2.23. The minimum absolute atomic E-state index is 0.0249. The van der Waals surface area contributed by atoms with Gasteiger partial charge in [0, 0.05) is 19.6 Å². The van der Waals surface area contributed by atoms with Crippen molar-refractivity contribution in [1.29, 1.82) is 0 Å². The molecule has 1 aromatic rings. The Balaban J connectivity index is 2.19. The fourth-order valence-corrected chi connectivity index (χ4v) is 2.71. The lowest BCUT2D eigenvalue weighted by Crippen LogP contribution is -2.39. The molecule has 0 radical (unpaired) electrons. The molecule has 0 N–H and O–H groups in total. The fraction of sp³-hybridized carbons (Fsp3) is 0.538. The molecule has 1 aliphatic heterocycles. The van der Waals surface area contributed by atoms with E-state index in [2.05, 4.69) is 9.88 Å². The Labute approximate surface area is 127 Å². The summed E-state index contributed by atoms with van der Waals surface area (Å²) >= 11 is 5.75. The average Bonchev–Trinajstić information content (AvgIpc) is 2.83. The lowest BCUT2D eigenvalue weighted by Gasteiger charge is -2.25. The van der Waals surface area contributed by atoms with E-state index in [1.54, 1.807) is 7.05 Å². The summed E-state index contributed by atoms with van der Waals surface area (Å²) in [7, 11) is 3.66. The summed E-state index contributed by atoms with van der Waals surface area (Å²) in [6.45, 7) is 1.54. The molecule has 1 amide bonds. The molecule has 2 heterocycles. The summed E-state index contributed by atoms with van der Waals surface area (Å²) in [5.74, 6) is -0.411. The van der Waals surface area contributed by atoms with E-state index < -0.39 is 10.8 Å². The second-order valence-corrected chi connectivity index (χ2v) is 5.63. The normalized spacial score (nSPS) is 18.7. The van der Waals surface area contributed by atoms with Gasteiger partial charge in [0.2, 0.25) is 0 Å². The number of nitrogens with zero attached hydrogens (tertiary/aromatic N) is 4. The molecular formula is C13H17ClN4O3. The first-order valence-electron chi connectivity index (χ1n) is 6.65. The molecule has 0 saturated carbocycles. The van der Waals surface area contributed by atoms with Gasteiger partial charge >= 0.3 is 0 Å². The monoisotopic (exact) mass is 312 g/mol. The number of rotatable bonds is 4. The first-order chi connectivity index (χ1) is 9.90. The molecule has 0 aromatic carbocycles. The van der Waals surface area contributed by atoms with Crippen molar-refractivity contribution in [3.05, 3.63) is 33.1 Å². The maximum atomic E-state index is 12.4. The van der Waals surface area contributed by atoms with Crippen LogP contribution >= 0.6 is 11.6 Å². The summed E-state index contributed by atoms with van der Waals surface area (Å²) in [6, 6.07) is 1.53. The highest BCUT2D eigenvalue weighted by atomic mass is 35.5. The van der Waals surface area contributed by atoms with Gasteiger partial charge in [0.1, 0.15) is 16.9 Å². The summed E-state index contributed by atoms with van der Waals surface area (Å²) in [6.07, 6.45) is 3.14. The summed E-state index contributed by atoms with van der Waals surface area (Å²) in [4.78, 5) is 30.2. The standard InChI is InChI=1S/C13H17ClN4O3/c1-16-5-3-4-9(16)8-17(2)13(19)10-6-12(14)15-7-11(10)18(20)21/h6-7,9H,3-5,8H2,1-2H3. The van der Waals surface area contributed by atoms with Crippen LogP contribution in [-0.4, -0.2) is 58.8 Å². The van der Waals surface area contributed by atoms with Crippen molar-refractivity contribution in [2.24, 2.45) is 0 Å². The number of halogens is 1. The molecule has 7 nitrogen and oxygen atoms in total. The summed E-state index contributed by atoms with van der Waals surface area (Å²) < 4.78 is 0. The van der Waals surface area contributed by atoms with E-state index in [1.807, 2.05) is 7.05 Å². The Kier molecular flexibility index (Phi) is 4.74. The SMILES string of the molecule is CN(CC1CCCN1C)C(=O)c1cc(Cl)ncc1[N+](=O)[O-]. The number of amides is 1. The number of hydrogen-bond acceptors (Lipinski definition) is 5. The van der Waals surface area contributed by atoms with E-state index in [0.29, 0.717) is 6.54 Å². The molecule has 0 spiro atoms. The predicted molar refractivity (Wildman–Crippen MR) is 78.5 cm³/mol. The quantitative estimate of drug-likeness (QED) is 0.481. The summed E-state index contributed by atoms with van der Waals surface area (Å²) in [5.41, 5.74) is -0.348. The van der Waals surface area contributed by atoms with E-state index in [0.717, 1.165) is 25.6 Å². The maximum absolute atomic E-state index is 12.4. The third-order valence-electron chi connectivity index (χ3n) is 3.78. The Morgan fingerprint density at radius 3 is 2.95 bits per heavy atom. The van der Waals surface area contributed by atoms with Crippen molar-refractivity contribution in [3.63, 3.8) is 0 Å². The molecule has 1 saturated heterocycles. The van der Waals surface area contributed by atoms with Crippen molar-refractivity contribution in [1.82, 2.24) is 14.8 Å². The van der Waals surface area contributed by atoms with Gasteiger partial charge in [0.15, 0.2) is 0 Å². The molecule has 1 aromatic heterocycles. The van der Waals surface area contributed by atoms with Gasteiger partial charge in [-0.05, 0) is 32.5 Å². The van der Waals surface area contributed by atoms with E-state index in [1.165, 1.54) is 11.0 Å². The van der Waals surface area contributed by atoms with E-state index >= 15 is 0 Å². The molecule has 21 heavy (non-hydrogen) atoms. The highest BCUT2D eigenvalue weighted by molar-refractivity contribution is 6.29. The average molecular weight is 313 g/mol. The largest absolute Gasteiger partial charge is 0.340 e. The van der Waals surface area contributed by atoms with E-state index in [9.17, 15) is 14.9 Å². The van der Waals surface area contributed by atoms with Crippen LogP contribution in [0.25, 0.3) is 0 Å². The van der Waals surface area contributed by atoms with Crippen molar-refractivity contribution in [3.8, 4) is 0 Å². The number of nitro groups is 1. The topological polar surface area (TPSA) is 79.6 Å². The van der Waals surface area contributed by atoms with Crippen LogP contribution in [0.1, 0.15) is 23.2 Å². The number of likely N-dealkylation sites (N-methyl/N-ethyl adjacent to an activating group) is 2. The number of carbonyl (C=O) groups excluding carboxylic acids is 1. The minimum atomic E-state index is -0.619. The van der Waals surface area contributed by atoms with Crippen LogP contribution < -0.4 is 0 Å². The molecule has 1 fully saturated rings. The Hall–Kier alpha value is -1.73. The first-order valence-corrected chi connectivity index (χ1v) is 7.03. The second-order valence-electron chi connectivity index (χ2n) is 5.24. The molecule has 1 atom stereocenters. The molecule has 0 bridgehead atoms. The van der Waals surface area contributed by atoms with Crippen LogP contribution in [0.2, 0.25) is 5.15 Å². The van der Waals surface area contributed by atoms with Crippen molar-refractivity contribution in [2.45, 2.75) is 18.9 Å². The van der Waals surface area contributed by atoms with Gasteiger partial charge in [-0.3, -0.25) is 14.9 Å². The molecule has 2 rings (SSSR count). The van der Waals surface area contributed by atoms with Gasteiger partial charge < -0.3 is 9.80 Å². The van der Waals surface area contributed by atoms with Gasteiger partial charge in [-0.1, -0.05) is 11.6 Å². The maximum Gasteiger partial charge on any atom is 0.300 e. The molecule has 1 unspecified atom stereocenters. The van der Waals surface area contributed by atoms with Crippen LogP contribution in [0.4, 0.5) is 5.69 Å². The zero-order valence-electron chi connectivity index (χ0n) is 12.0. The summed E-state index contributed by atoms with van der Waals surface area (Å²) in [5, 5.41) is 11.1. The number of pyridine rings is 1. The molecule has 114 valence electrons. The van der Waals surface area contributed by atoms with Crippen molar-refractivity contribution < 1.29 is 9.72 Å². The zero-order chi connectivity index (χ0) is 15.6. The van der Waals surface area contributed by atoms with Crippen LogP contribution in [-0.2, 0) is 0 Å². The number of likely N-dealkylation sites (tertiary alicyclic amines) is 1. The third-order valence-corrected chi connectivity index (χ3v) is 3.99. The molecule has 0 aliphatic carbocycles. The Bertz CT molecular complexity index is 566. The van der Waals surface area contributed by atoms with E-state index in [4.69, 9.17) is 11.6 Å². The third kappa shape index (κ3) is 3.48. The predicted octanol–water partition coefficient (Wildman–Crippen LogP) is 1.81. The van der Waals surface area contributed by atoms with Crippen LogP contribution in [0, 0.1) is 10.1 Å². The Morgan fingerprint density at radius 1 is 1.67 bits per heavy atom. The molecule has 1 aliphatic rings. The number of aromatic nitrogens is 1. The van der Waals surface area contributed by atoms with Crippen molar-refractivity contribution in [2.75, 3.05) is 27.2 Å². The molecular weight excluding hydrogens is 296 g/mol. The molecule has 8 heteroatoms. The second kappa shape index (κ2) is 6.36. The van der Waals surface area contributed by atoms with Crippen LogP contribution in [0.5, 0.6) is 0 Å². The van der Waals surface area contributed by atoms with Gasteiger partial charge in [0.25, 0.3) is 11.6 Å². The lowest BCUT2D eigenvalue weighted by molar-refractivity contribution is -0.385. The van der Waals surface area contributed by atoms with Gasteiger partial charge in [-0.2, -0.15) is 0 Å². The van der Waals surface area contributed by atoms with Crippen LogP contribution in [0.3, 0.4) is 0 Å². The first kappa shape index (κ1) is 15.7.